The van der Waals surface area contributed by atoms with Crippen molar-refractivity contribution in [2.45, 2.75) is 31.7 Å². The van der Waals surface area contributed by atoms with Crippen molar-refractivity contribution in [2.75, 3.05) is 13.1 Å². The van der Waals surface area contributed by atoms with Gasteiger partial charge in [-0.05, 0) is 44.0 Å². The summed E-state index contributed by atoms with van der Waals surface area (Å²) >= 11 is 0. The Hall–Kier alpha value is -1.42. The van der Waals surface area contributed by atoms with Crippen molar-refractivity contribution in [1.82, 2.24) is 14.9 Å². The van der Waals surface area contributed by atoms with Crippen LogP contribution in [0.5, 0.6) is 0 Å². The summed E-state index contributed by atoms with van der Waals surface area (Å²) in [4.78, 5) is 4.73. The lowest BCUT2D eigenvalue weighted by Gasteiger charge is -2.32. The highest BCUT2D eigenvalue weighted by Gasteiger charge is 2.33. The van der Waals surface area contributed by atoms with Gasteiger partial charge in [-0.25, -0.2) is 9.37 Å². The van der Waals surface area contributed by atoms with E-state index >= 15 is 0 Å². The number of nitrogens with zero attached hydrogens (tertiary/aromatic N) is 2. The highest BCUT2D eigenvalue weighted by molar-refractivity contribution is 5.76. The van der Waals surface area contributed by atoms with E-state index in [1.807, 2.05) is 6.07 Å². The summed E-state index contributed by atoms with van der Waals surface area (Å²) in [5, 5.41) is 3.32. The van der Waals surface area contributed by atoms with E-state index in [4.69, 9.17) is 4.98 Å². The van der Waals surface area contributed by atoms with Crippen molar-refractivity contribution in [1.29, 1.82) is 0 Å². The van der Waals surface area contributed by atoms with Crippen LogP contribution in [-0.4, -0.2) is 22.6 Å². The number of fused-ring (bicyclic) bond motifs is 1. The van der Waals surface area contributed by atoms with Gasteiger partial charge in [-0.15, -0.1) is 0 Å². The van der Waals surface area contributed by atoms with Gasteiger partial charge < -0.3 is 9.88 Å². The SMILES string of the molecule is CC(c1nc2cc(F)ccc2n1C1CC1)C1CNC1. The number of aromatic nitrogens is 2. The fourth-order valence-corrected chi connectivity index (χ4v) is 3.00. The summed E-state index contributed by atoms with van der Waals surface area (Å²) in [5.74, 6) is 2.06. The van der Waals surface area contributed by atoms with Crippen LogP contribution >= 0.6 is 0 Å². The molecule has 2 aliphatic rings. The predicted molar refractivity (Wildman–Crippen MR) is 72.7 cm³/mol. The number of imidazole rings is 1. The predicted octanol–water partition coefficient (Wildman–Crippen LogP) is 2.83. The molecule has 19 heavy (non-hydrogen) atoms. The highest BCUT2D eigenvalue weighted by Crippen LogP contribution is 2.41. The fraction of sp³-hybridized carbons (Fsp3) is 0.533. The average molecular weight is 259 g/mol. The van der Waals surface area contributed by atoms with E-state index in [0.717, 1.165) is 29.9 Å². The molecule has 3 nitrogen and oxygen atoms in total. The van der Waals surface area contributed by atoms with Crippen LogP contribution in [0.25, 0.3) is 11.0 Å². The van der Waals surface area contributed by atoms with Crippen LogP contribution < -0.4 is 5.32 Å². The van der Waals surface area contributed by atoms with E-state index in [9.17, 15) is 4.39 Å². The van der Waals surface area contributed by atoms with Crippen LogP contribution in [0.1, 0.15) is 37.5 Å². The Labute approximate surface area is 111 Å². The molecule has 2 fully saturated rings. The molecule has 1 saturated carbocycles. The summed E-state index contributed by atoms with van der Waals surface area (Å²) in [7, 11) is 0. The molecule has 1 N–H and O–H groups in total. The van der Waals surface area contributed by atoms with Crippen molar-refractivity contribution in [3.8, 4) is 0 Å². The zero-order chi connectivity index (χ0) is 13.0. The van der Waals surface area contributed by atoms with Gasteiger partial charge in [-0.1, -0.05) is 6.92 Å². The van der Waals surface area contributed by atoms with Crippen LogP contribution in [0.4, 0.5) is 4.39 Å². The third-order valence-electron chi connectivity index (χ3n) is 4.52. The lowest BCUT2D eigenvalue weighted by molar-refractivity contribution is 0.291. The number of halogens is 1. The first kappa shape index (κ1) is 11.4. The Morgan fingerprint density at radius 1 is 1.37 bits per heavy atom. The number of hydrogen-bond donors (Lipinski definition) is 1. The summed E-state index contributed by atoms with van der Waals surface area (Å²) in [5.41, 5.74) is 1.90. The second kappa shape index (κ2) is 4.04. The van der Waals surface area contributed by atoms with Crippen molar-refractivity contribution >= 4 is 11.0 Å². The first-order valence-corrected chi connectivity index (χ1v) is 7.12. The molecule has 0 spiro atoms. The number of benzene rings is 1. The van der Waals surface area contributed by atoms with Gasteiger partial charge in [0.15, 0.2) is 0 Å². The minimum Gasteiger partial charge on any atom is -0.325 e. The van der Waals surface area contributed by atoms with Gasteiger partial charge in [0.25, 0.3) is 0 Å². The molecule has 0 amide bonds. The molecule has 2 heterocycles. The van der Waals surface area contributed by atoms with Crippen LogP contribution in [-0.2, 0) is 0 Å². The first-order valence-electron chi connectivity index (χ1n) is 7.12. The molecule has 1 aliphatic carbocycles. The quantitative estimate of drug-likeness (QED) is 0.918. The first-order chi connectivity index (χ1) is 9.24. The molecule has 1 atom stereocenters. The van der Waals surface area contributed by atoms with Crippen molar-refractivity contribution in [2.24, 2.45) is 5.92 Å². The van der Waals surface area contributed by atoms with E-state index in [2.05, 4.69) is 16.8 Å². The zero-order valence-electron chi connectivity index (χ0n) is 11.1. The van der Waals surface area contributed by atoms with Crippen molar-refractivity contribution in [3.05, 3.63) is 29.8 Å². The second-order valence-corrected chi connectivity index (χ2v) is 5.91. The molecule has 0 bridgehead atoms. The van der Waals surface area contributed by atoms with E-state index in [1.165, 1.54) is 12.8 Å². The Morgan fingerprint density at radius 2 is 2.16 bits per heavy atom. The maximum Gasteiger partial charge on any atom is 0.125 e. The van der Waals surface area contributed by atoms with Gasteiger partial charge in [0.1, 0.15) is 11.6 Å². The maximum atomic E-state index is 13.4. The van der Waals surface area contributed by atoms with Gasteiger partial charge >= 0.3 is 0 Å². The number of nitrogens with one attached hydrogen (secondary N) is 1. The molecule has 1 unspecified atom stereocenters. The fourth-order valence-electron chi connectivity index (χ4n) is 3.00. The molecule has 4 heteroatoms. The smallest absolute Gasteiger partial charge is 0.125 e. The maximum absolute atomic E-state index is 13.4. The second-order valence-electron chi connectivity index (χ2n) is 5.91. The summed E-state index contributed by atoms with van der Waals surface area (Å²) in [6.07, 6.45) is 2.46. The van der Waals surface area contributed by atoms with E-state index < -0.39 is 0 Å². The Kier molecular flexibility index (Phi) is 2.42. The third-order valence-corrected chi connectivity index (χ3v) is 4.52. The van der Waals surface area contributed by atoms with E-state index in [-0.39, 0.29) is 5.82 Å². The van der Waals surface area contributed by atoms with Gasteiger partial charge in [0.2, 0.25) is 0 Å². The molecule has 1 aliphatic heterocycles. The number of rotatable bonds is 3. The van der Waals surface area contributed by atoms with Gasteiger partial charge in [-0.2, -0.15) is 0 Å². The molecular weight excluding hydrogens is 241 g/mol. The molecule has 100 valence electrons. The Bertz CT molecular complexity index is 626. The standard InChI is InChI=1S/C15H18FN3/c1-9(10-7-17-8-10)15-18-13-6-11(16)2-5-14(13)19(15)12-3-4-12/h2,5-6,9-10,12,17H,3-4,7-8H2,1H3. The normalized spacial score (nSPS) is 21.6. The largest absolute Gasteiger partial charge is 0.325 e. The summed E-state index contributed by atoms with van der Waals surface area (Å²) in [6.45, 7) is 4.40. The van der Waals surface area contributed by atoms with Crippen LogP contribution in [0.15, 0.2) is 18.2 Å². The molecule has 2 aromatic rings. The highest BCUT2D eigenvalue weighted by atomic mass is 19.1. The Morgan fingerprint density at radius 3 is 2.79 bits per heavy atom. The molecule has 1 aromatic heterocycles. The molecule has 4 rings (SSSR count). The molecular formula is C15H18FN3. The zero-order valence-corrected chi connectivity index (χ0v) is 11.1. The minimum atomic E-state index is -0.197. The Balaban J connectivity index is 1.85. The number of hydrogen-bond acceptors (Lipinski definition) is 2. The summed E-state index contributed by atoms with van der Waals surface area (Å²) < 4.78 is 15.7. The topological polar surface area (TPSA) is 29.9 Å². The minimum absolute atomic E-state index is 0.197. The van der Waals surface area contributed by atoms with Crippen molar-refractivity contribution in [3.63, 3.8) is 0 Å². The monoisotopic (exact) mass is 259 g/mol. The van der Waals surface area contributed by atoms with E-state index in [0.29, 0.717) is 17.9 Å². The van der Waals surface area contributed by atoms with Crippen LogP contribution in [0.3, 0.4) is 0 Å². The lowest BCUT2D eigenvalue weighted by Crippen LogP contribution is -2.45. The third kappa shape index (κ3) is 1.77. The van der Waals surface area contributed by atoms with Crippen molar-refractivity contribution < 1.29 is 4.39 Å². The van der Waals surface area contributed by atoms with Crippen LogP contribution in [0, 0.1) is 11.7 Å². The average Bonchev–Trinajstić information content (AvgIpc) is 3.07. The van der Waals surface area contributed by atoms with Gasteiger partial charge in [0.05, 0.1) is 11.0 Å². The van der Waals surface area contributed by atoms with E-state index in [1.54, 1.807) is 12.1 Å². The summed E-state index contributed by atoms with van der Waals surface area (Å²) in [6, 6.07) is 5.57. The van der Waals surface area contributed by atoms with Crippen LogP contribution in [0.2, 0.25) is 0 Å². The van der Waals surface area contributed by atoms with Gasteiger partial charge in [-0.3, -0.25) is 0 Å². The lowest BCUT2D eigenvalue weighted by atomic mass is 9.88. The molecule has 1 aromatic carbocycles. The van der Waals surface area contributed by atoms with Gasteiger partial charge in [0, 0.05) is 18.0 Å². The molecule has 1 saturated heterocycles. The molecule has 0 radical (unpaired) electrons.